The number of rotatable bonds is 5. The Morgan fingerprint density at radius 3 is 2.95 bits per heavy atom. The van der Waals surface area contributed by atoms with E-state index in [0.29, 0.717) is 0 Å². The third-order valence-corrected chi connectivity index (χ3v) is 3.64. The lowest BCUT2D eigenvalue weighted by atomic mass is 10.2. The Kier molecular flexibility index (Phi) is 4.03. The summed E-state index contributed by atoms with van der Waals surface area (Å²) in [7, 11) is -1.00. The minimum Gasteiger partial charge on any atom is -0.497 e. The lowest BCUT2D eigenvalue weighted by Crippen LogP contribution is -2.09. The molecule has 0 atom stereocenters. The molecule has 0 amide bonds. The highest BCUT2D eigenvalue weighted by Crippen LogP contribution is 2.24. The maximum absolute atomic E-state index is 10.6. The van der Waals surface area contributed by atoms with E-state index in [9.17, 15) is 8.42 Å². The van der Waals surface area contributed by atoms with Crippen LogP contribution in [0.25, 0.3) is 16.6 Å². The van der Waals surface area contributed by atoms with Crippen molar-refractivity contribution in [2.75, 3.05) is 7.11 Å². The highest BCUT2D eigenvalue weighted by molar-refractivity contribution is 7.70. The normalized spacial score (nSPS) is 11.2. The summed E-state index contributed by atoms with van der Waals surface area (Å²) in [5.41, 5.74) is 2.44. The maximum Gasteiger partial charge on any atom is 0.201 e. The Morgan fingerprint density at radius 1 is 1.32 bits per heavy atom. The van der Waals surface area contributed by atoms with Gasteiger partial charge in [0, 0.05) is 36.0 Å². The van der Waals surface area contributed by atoms with E-state index in [-0.39, 0.29) is 6.54 Å². The highest BCUT2D eigenvalue weighted by atomic mass is 32.2. The first kappa shape index (κ1) is 14.5. The summed E-state index contributed by atoms with van der Waals surface area (Å²) in [6, 6.07) is 7.49. The molecular weight excluding hydrogens is 304 g/mol. The number of thiol groups is 1. The van der Waals surface area contributed by atoms with Crippen LogP contribution < -0.4 is 9.46 Å². The topological polar surface area (TPSA) is 86.1 Å². The second-order valence-electron chi connectivity index (χ2n) is 4.60. The molecule has 0 radical (unpaired) electrons. The second kappa shape index (κ2) is 6.12. The van der Waals surface area contributed by atoms with Crippen LogP contribution in [0.3, 0.4) is 0 Å². The second-order valence-corrected chi connectivity index (χ2v) is 5.43. The van der Waals surface area contributed by atoms with E-state index in [0.717, 1.165) is 27.9 Å². The summed E-state index contributed by atoms with van der Waals surface area (Å²) in [5.74, 6) is 0.738. The van der Waals surface area contributed by atoms with Gasteiger partial charge in [0.1, 0.15) is 5.75 Å². The molecular formula is C14H14N4O3S. The van der Waals surface area contributed by atoms with Crippen LogP contribution in [0.2, 0.25) is 0 Å². The zero-order valence-corrected chi connectivity index (χ0v) is 12.7. The summed E-state index contributed by atoms with van der Waals surface area (Å²) in [6.07, 6.45) is 5.11. The number of benzene rings is 1. The molecule has 2 aromatic heterocycles. The van der Waals surface area contributed by atoms with Gasteiger partial charge in [0.05, 0.1) is 24.5 Å². The van der Waals surface area contributed by atoms with Crippen LogP contribution in [0.4, 0.5) is 0 Å². The summed E-state index contributed by atoms with van der Waals surface area (Å²) in [6.45, 7) is 0.218. The summed E-state index contributed by atoms with van der Waals surface area (Å²) >= 11 is 0. The van der Waals surface area contributed by atoms with E-state index >= 15 is 0 Å². The Balaban J connectivity index is 1.99. The quantitative estimate of drug-likeness (QED) is 0.687. The van der Waals surface area contributed by atoms with Gasteiger partial charge in [-0.25, -0.2) is 17.8 Å². The Hall–Kier alpha value is -2.45. The number of hydrogen-bond acceptors (Lipinski definition) is 5. The van der Waals surface area contributed by atoms with Crippen LogP contribution in [0.1, 0.15) is 5.56 Å². The number of pyridine rings is 1. The van der Waals surface area contributed by atoms with Crippen LogP contribution in [-0.4, -0.2) is 30.3 Å². The summed E-state index contributed by atoms with van der Waals surface area (Å²) in [4.78, 5) is 4.33. The Bertz CT molecular complexity index is 881. The Labute approximate surface area is 128 Å². The molecule has 3 rings (SSSR count). The molecule has 0 spiro atoms. The number of ether oxygens (including phenoxy) is 1. The van der Waals surface area contributed by atoms with Crippen molar-refractivity contribution < 1.29 is 13.2 Å². The molecule has 22 heavy (non-hydrogen) atoms. The molecule has 3 aromatic rings. The summed E-state index contributed by atoms with van der Waals surface area (Å²) < 4.78 is 30.4. The molecule has 0 unspecified atom stereocenters. The van der Waals surface area contributed by atoms with Gasteiger partial charge in [0.15, 0.2) is 0 Å². The zero-order valence-electron chi connectivity index (χ0n) is 11.8. The lowest BCUT2D eigenvalue weighted by Gasteiger charge is -2.07. The smallest absolute Gasteiger partial charge is 0.201 e. The average Bonchev–Trinajstić information content (AvgIpc) is 3.00. The van der Waals surface area contributed by atoms with Crippen LogP contribution >= 0.6 is 0 Å². The molecule has 0 fully saturated rings. The van der Waals surface area contributed by atoms with Crippen molar-refractivity contribution in [2.24, 2.45) is 0 Å². The van der Waals surface area contributed by atoms with Crippen molar-refractivity contribution >= 4 is 21.8 Å². The first-order valence-electron chi connectivity index (χ1n) is 6.52. The largest absolute Gasteiger partial charge is 0.497 e. The predicted octanol–water partition coefficient (Wildman–Crippen LogP) is 1.05. The monoisotopic (exact) mass is 318 g/mol. The molecule has 0 aliphatic rings. The molecule has 0 bridgehead atoms. The number of fused-ring (bicyclic) bond motifs is 1. The predicted molar refractivity (Wildman–Crippen MR) is 82.6 cm³/mol. The number of aromatic nitrogens is 3. The minimum atomic E-state index is -2.61. The van der Waals surface area contributed by atoms with Crippen LogP contribution in [0, 0.1) is 0 Å². The van der Waals surface area contributed by atoms with Crippen LogP contribution in [0.15, 0.2) is 42.9 Å². The molecule has 0 saturated heterocycles. The summed E-state index contributed by atoms with van der Waals surface area (Å²) in [5, 5.41) is 5.21. The van der Waals surface area contributed by atoms with E-state index in [1.54, 1.807) is 30.4 Å². The van der Waals surface area contributed by atoms with E-state index < -0.39 is 10.9 Å². The van der Waals surface area contributed by atoms with Crippen molar-refractivity contribution in [2.45, 2.75) is 6.54 Å². The fraction of sp³-hybridized carbons (Fsp3) is 0.143. The number of hydrogen-bond donors (Lipinski definition) is 2. The third kappa shape index (κ3) is 2.92. The van der Waals surface area contributed by atoms with Gasteiger partial charge in [-0.05, 0) is 18.2 Å². The van der Waals surface area contributed by atoms with Gasteiger partial charge in [-0.2, -0.15) is 5.10 Å². The molecule has 7 nitrogen and oxygen atoms in total. The van der Waals surface area contributed by atoms with Crippen molar-refractivity contribution in [3.8, 4) is 11.4 Å². The van der Waals surface area contributed by atoms with Gasteiger partial charge in [-0.3, -0.25) is 4.98 Å². The van der Waals surface area contributed by atoms with Crippen molar-refractivity contribution in [1.82, 2.24) is 19.5 Å². The first-order chi connectivity index (χ1) is 10.7. The van der Waals surface area contributed by atoms with Crippen molar-refractivity contribution in [3.05, 3.63) is 48.4 Å². The molecule has 8 heteroatoms. The number of nitrogens with zero attached hydrogens (tertiary/aromatic N) is 3. The minimum absolute atomic E-state index is 0.218. The van der Waals surface area contributed by atoms with Crippen LogP contribution in [-0.2, 0) is 17.4 Å². The fourth-order valence-electron chi connectivity index (χ4n) is 2.18. The molecule has 1 aromatic carbocycles. The first-order valence-corrected chi connectivity index (χ1v) is 7.69. The fourth-order valence-corrected chi connectivity index (χ4v) is 2.49. The van der Waals surface area contributed by atoms with Gasteiger partial charge in [0.25, 0.3) is 0 Å². The standard InChI is InChI=1S/C14H14N4O3S/c1-21-11-2-3-12-13(6-11)15-5-4-14(12)18-9-10(7-16-18)8-17-22(19)20/h2-7,9,22H,8H2,1H3,(H,17,19,20). The SMILES string of the molecule is COc1ccc2c(-n3cc(CN[SH](=O)=O)cn3)ccnc2c1. The number of methoxy groups -OCH3 is 1. The van der Waals surface area contributed by atoms with E-state index in [1.165, 1.54) is 0 Å². The Morgan fingerprint density at radius 2 is 2.18 bits per heavy atom. The molecule has 0 aliphatic heterocycles. The van der Waals surface area contributed by atoms with Gasteiger partial charge in [-0.15, -0.1) is 0 Å². The third-order valence-electron chi connectivity index (χ3n) is 3.22. The maximum atomic E-state index is 10.6. The number of nitrogens with one attached hydrogen (secondary N) is 1. The van der Waals surface area contributed by atoms with Crippen molar-refractivity contribution in [1.29, 1.82) is 0 Å². The molecule has 0 saturated carbocycles. The highest BCUT2D eigenvalue weighted by Gasteiger charge is 2.07. The van der Waals surface area contributed by atoms with Gasteiger partial charge in [-0.1, -0.05) is 0 Å². The van der Waals surface area contributed by atoms with Crippen LogP contribution in [0.5, 0.6) is 5.75 Å². The van der Waals surface area contributed by atoms with Gasteiger partial charge >= 0.3 is 0 Å². The van der Waals surface area contributed by atoms with E-state index in [4.69, 9.17) is 4.74 Å². The molecule has 0 aliphatic carbocycles. The molecule has 2 heterocycles. The average molecular weight is 318 g/mol. The molecule has 1 N–H and O–H groups in total. The van der Waals surface area contributed by atoms with Gasteiger partial charge in [0.2, 0.25) is 10.9 Å². The van der Waals surface area contributed by atoms with Crippen molar-refractivity contribution in [3.63, 3.8) is 0 Å². The lowest BCUT2D eigenvalue weighted by molar-refractivity contribution is 0.415. The zero-order chi connectivity index (χ0) is 15.5. The van der Waals surface area contributed by atoms with E-state index in [2.05, 4.69) is 14.8 Å². The molecule has 114 valence electrons. The van der Waals surface area contributed by atoms with E-state index in [1.807, 2.05) is 24.3 Å². The van der Waals surface area contributed by atoms with Gasteiger partial charge < -0.3 is 4.74 Å².